The predicted molar refractivity (Wildman–Crippen MR) is 63.6 cm³/mol. The smallest absolute Gasteiger partial charge is 0.340 e. The van der Waals surface area contributed by atoms with Crippen molar-refractivity contribution in [2.75, 3.05) is 18.5 Å². The van der Waals surface area contributed by atoms with Crippen molar-refractivity contribution in [3.8, 4) is 0 Å². The molecule has 0 fully saturated rings. The molecule has 6 nitrogen and oxygen atoms in total. The number of aromatic nitrogens is 1. The fourth-order valence-electron chi connectivity index (χ4n) is 1.21. The van der Waals surface area contributed by atoms with Gasteiger partial charge in [0.1, 0.15) is 10.6 Å². The van der Waals surface area contributed by atoms with Gasteiger partial charge in [-0.05, 0) is 25.4 Å². The van der Waals surface area contributed by atoms with Gasteiger partial charge in [-0.15, -0.1) is 0 Å². The van der Waals surface area contributed by atoms with Crippen LogP contribution in [0.2, 0.25) is 0 Å². The minimum atomic E-state index is -1.09. The van der Waals surface area contributed by atoms with E-state index in [0.29, 0.717) is 18.9 Å². The van der Waals surface area contributed by atoms with Crippen LogP contribution in [-0.4, -0.2) is 34.6 Å². The number of aryl methyl sites for hydroxylation is 1. The van der Waals surface area contributed by atoms with Crippen molar-refractivity contribution in [3.63, 3.8) is 0 Å². The lowest BCUT2D eigenvalue weighted by molar-refractivity contribution is -0.117. The highest BCUT2D eigenvalue weighted by atomic mass is 32.1. The third kappa shape index (κ3) is 3.79. The van der Waals surface area contributed by atoms with Crippen LogP contribution in [0.15, 0.2) is 0 Å². The van der Waals surface area contributed by atoms with Gasteiger partial charge in [0.25, 0.3) is 0 Å². The summed E-state index contributed by atoms with van der Waals surface area (Å²) >= 11 is 0.968. The molecule has 1 heterocycles. The monoisotopic (exact) mass is 258 g/mol. The Kier molecular flexibility index (Phi) is 5.05. The van der Waals surface area contributed by atoms with Crippen LogP contribution in [0, 0.1) is 6.92 Å². The molecule has 7 heteroatoms. The Morgan fingerprint density at radius 3 is 2.82 bits per heavy atom. The van der Waals surface area contributed by atoms with E-state index >= 15 is 0 Å². The van der Waals surface area contributed by atoms with Gasteiger partial charge in [0.15, 0.2) is 0 Å². The van der Waals surface area contributed by atoms with E-state index < -0.39 is 5.97 Å². The second-order valence-corrected chi connectivity index (χ2v) is 4.05. The summed E-state index contributed by atoms with van der Waals surface area (Å²) in [5.41, 5.74) is 0.461. The zero-order valence-electron chi connectivity index (χ0n) is 9.65. The Hall–Kier alpha value is -1.47. The van der Waals surface area contributed by atoms with Crippen LogP contribution in [0.25, 0.3) is 0 Å². The van der Waals surface area contributed by atoms with Crippen molar-refractivity contribution in [1.82, 2.24) is 4.37 Å². The number of rotatable bonds is 6. The van der Waals surface area contributed by atoms with E-state index in [-0.39, 0.29) is 22.9 Å². The number of amides is 1. The molecular formula is C10H14N2O4S. The van der Waals surface area contributed by atoms with E-state index in [1.165, 1.54) is 0 Å². The highest BCUT2D eigenvalue weighted by Crippen LogP contribution is 2.24. The second-order valence-electron chi connectivity index (χ2n) is 3.27. The number of hydrogen-bond donors (Lipinski definition) is 2. The van der Waals surface area contributed by atoms with Crippen LogP contribution < -0.4 is 5.32 Å². The highest BCUT2D eigenvalue weighted by molar-refractivity contribution is 7.11. The van der Waals surface area contributed by atoms with Crippen LogP contribution in [0.5, 0.6) is 0 Å². The minimum Gasteiger partial charge on any atom is -0.478 e. The topological polar surface area (TPSA) is 88.5 Å². The third-order valence-electron chi connectivity index (χ3n) is 2.01. The van der Waals surface area contributed by atoms with Gasteiger partial charge in [0.2, 0.25) is 5.91 Å². The van der Waals surface area contributed by atoms with Gasteiger partial charge in [0, 0.05) is 6.61 Å². The molecule has 0 bridgehead atoms. The molecule has 0 radical (unpaired) electrons. The lowest BCUT2D eigenvalue weighted by Crippen LogP contribution is -2.15. The maximum absolute atomic E-state index is 11.5. The molecule has 1 amide bonds. The van der Waals surface area contributed by atoms with E-state index in [2.05, 4.69) is 9.69 Å². The van der Waals surface area contributed by atoms with Crippen LogP contribution in [0.4, 0.5) is 5.00 Å². The minimum absolute atomic E-state index is 0.0553. The predicted octanol–water partition coefficient (Wildman–Crippen LogP) is 1.51. The molecule has 0 aliphatic heterocycles. The van der Waals surface area contributed by atoms with Gasteiger partial charge in [-0.25, -0.2) is 4.79 Å². The van der Waals surface area contributed by atoms with Crippen LogP contribution >= 0.6 is 11.5 Å². The first-order chi connectivity index (χ1) is 8.06. The molecule has 0 aliphatic carbocycles. The van der Waals surface area contributed by atoms with Gasteiger partial charge < -0.3 is 15.2 Å². The second kappa shape index (κ2) is 6.31. The maximum Gasteiger partial charge on any atom is 0.340 e. The molecule has 0 aromatic carbocycles. The third-order valence-corrected chi connectivity index (χ3v) is 2.86. The van der Waals surface area contributed by atoms with E-state index in [1.807, 2.05) is 6.92 Å². The fourth-order valence-corrected chi connectivity index (χ4v) is 2.01. The quantitative estimate of drug-likeness (QED) is 0.755. The summed E-state index contributed by atoms with van der Waals surface area (Å²) in [5.74, 6) is -1.36. The molecule has 17 heavy (non-hydrogen) atoms. The summed E-state index contributed by atoms with van der Waals surface area (Å²) in [7, 11) is 0. The van der Waals surface area contributed by atoms with E-state index in [1.54, 1.807) is 6.92 Å². The zero-order chi connectivity index (χ0) is 12.8. The van der Waals surface area contributed by atoms with Gasteiger partial charge >= 0.3 is 5.97 Å². The van der Waals surface area contributed by atoms with Gasteiger partial charge in [-0.2, -0.15) is 4.37 Å². The van der Waals surface area contributed by atoms with Crippen molar-refractivity contribution in [2.45, 2.75) is 20.3 Å². The number of anilines is 1. The molecule has 2 N–H and O–H groups in total. The number of nitrogens with zero attached hydrogens (tertiary/aromatic N) is 1. The summed E-state index contributed by atoms with van der Waals surface area (Å²) in [6, 6.07) is 0. The highest BCUT2D eigenvalue weighted by Gasteiger charge is 2.18. The molecule has 0 spiro atoms. The molecule has 0 atom stereocenters. The number of carboxylic acids is 1. The van der Waals surface area contributed by atoms with Crippen molar-refractivity contribution < 1.29 is 19.4 Å². The first kappa shape index (κ1) is 13.6. The van der Waals surface area contributed by atoms with E-state index in [0.717, 1.165) is 11.5 Å². The largest absolute Gasteiger partial charge is 0.478 e. The van der Waals surface area contributed by atoms with Gasteiger partial charge in [0.05, 0.1) is 18.7 Å². The van der Waals surface area contributed by atoms with Crippen molar-refractivity contribution in [3.05, 3.63) is 11.3 Å². The molecule has 1 aromatic heterocycles. The molecule has 0 unspecified atom stereocenters. The Balaban J connectivity index is 2.62. The lowest BCUT2D eigenvalue weighted by Gasteiger charge is -2.03. The number of nitrogens with one attached hydrogen (secondary N) is 1. The molecule has 0 saturated carbocycles. The first-order valence-electron chi connectivity index (χ1n) is 5.13. The van der Waals surface area contributed by atoms with Crippen LogP contribution in [0.1, 0.15) is 29.4 Å². The number of carboxylic acid groups (broad SMARTS) is 1. The molecular weight excluding hydrogens is 244 g/mol. The molecule has 1 rings (SSSR count). The summed E-state index contributed by atoms with van der Waals surface area (Å²) < 4.78 is 8.94. The average Bonchev–Trinajstić information content (AvgIpc) is 2.60. The zero-order valence-corrected chi connectivity index (χ0v) is 10.5. The van der Waals surface area contributed by atoms with Crippen molar-refractivity contribution >= 4 is 28.4 Å². The Morgan fingerprint density at radius 2 is 2.24 bits per heavy atom. The summed E-state index contributed by atoms with van der Waals surface area (Å²) in [5, 5.41) is 11.8. The van der Waals surface area contributed by atoms with Crippen molar-refractivity contribution in [1.29, 1.82) is 0 Å². The molecule has 1 aromatic rings. The summed E-state index contributed by atoms with van der Waals surface area (Å²) in [6.07, 6.45) is 0.198. The average molecular weight is 258 g/mol. The Labute approximate surface area is 103 Å². The van der Waals surface area contributed by atoms with Crippen LogP contribution in [-0.2, 0) is 9.53 Å². The summed E-state index contributed by atoms with van der Waals surface area (Å²) in [6.45, 7) is 4.30. The lowest BCUT2D eigenvalue weighted by atomic mass is 10.2. The molecule has 0 aliphatic rings. The van der Waals surface area contributed by atoms with Gasteiger partial charge in [-0.3, -0.25) is 4.79 Å². The standard InChI is InChI=1S/C10H14N2O4S/c1-3-16-5-4-7(13)11-9-8(10(14)15)6(2)12-17-9/h3-5H2,1-2H3,(H,11,13)(H,14,15). The normalized spacial score (nSPS) is 10.2. The van der Waals surface area contributed by atoms with E-state index in [4.69, 9.17) is 9.84 Å². The van der Waals surface area contributed by atoms with Crippen molar-refractivity contribution in [2.24, 2.45) is 0 Å². The number of aromatic carboxylic acids is 1. The number of hydrogen-bond acceptors (Lipinski definition) is 5. The number of carbonyl (C=O) groups excluding carboxylic acids is 1. The SMILES string of the molecule is CCOCCC(=O)Nc1snc(C)c1C(=O)O. The molecule has 94 valence electrons. The Bertz CT molecular complexity index is 416. The Morgan fingerprint density at radius 1 is 1.53 bits per heavy atom. The van der Waals surface area contributed by atoms with Crippen LogP contribution in [0.3, 0.4) is 0 Å². The maximum atomic E-state index is 11.5. The molecule has 0 saturated heterocycles. The number of carbonyl (C=O) groups is 2. The van der Waals surface area contributed by atoms with E-state index in [9.17, 15) is 9.59 Å². The van der Waals surface area contributed by atoms with Gasteiger partial charge in [-0.1, -0.05) is 0 Å². The summed E-state index contributed by atoms with van der Waals surface area (Å²) in [4.78, 5) is 22.4. The fraction of sp³-hybridized carbons (Fsp3) is 0.500. The number of ether oxygens (including phenoxy) is 1. The first-order valence-corrected chi connectivity index (χ1v) is 5.90.